The summed E-state index contributed by atoms with van der Waals surface area (Å²) in [4.78, 5) is 35.4. The molecule has 1 aliphatic heterocycles. The number of amides is 2. The molecule has 1 atom stereocenters. The van der Waals surface area contributed by atoms with Crippen LogP contribution in [0.3, 0.4) is 0 Å². The third-order valence-corrected chi connectivity index (χ3v) is 5.56. The molecule has 1 aliphatic rings. The molecule has 0 spiro atoms. The number of carbonyl (C=O) groups excluding carboxylic acids is 2. The maximum atomic E-state index is 12.7. The Morgan fingerprint density at radius 3 is 2.84 bits per heavy atom. The molecule has 2 amide bonds. The number of ether oxygens (including phenoxy) is 2. The number of nitrogens with two attached hydrogens (primary N) is 1. The van der Waals surface area contributed by atoms with E-state index in [2.05, 4.69) is 31.2 Å². The lowest BCUT2D eigenvalue weighted by atomic mass is 10.0. The molecule has 1 aromatic carbocycles. The molecule has 174 valence electrons. The number of fused-ring (bicyclic) bond motifs is 1. The summed E-state index contributed by atoms with van der Waals surface area (Å²) in [6.07, 6.45) is 4.04. The van der Waals surface area contributed by atoms with Crippen LogP contribution in [0.1, 0.15) is 46.5 Å². The van der Waals surface area contributed by atoms with E-state index in [9.17, 15) is 9.59 Å². The summed E-state index contributed by atoms with van der Waals surface area (Å²) < 4.78 is 12.1. The van der Waals surface area contributed by atoms with E-state index in [1.165, 1.54) is 11.1 Å². The van der Waals surface area contributed by atoms with Crippen molar-refractivity contribution in [2.45, 2.75) is 58.1 Å². The van der Waals surface area contributed by atoms with Crippen LogP contribution in [-0.2, 0) is 9.53 Å². The number of piperidine rings is 1. The molecule has 0 bridgehead atoms. The van der Waals surface area contributed by atoms with E-state index in [1.54, 1.807) is 0 Å². The number of likely N-dealkylation sites (tertiary alicyclic amines) is 1. The number of nitrogen functional groups attached to an aromatic ring is 1. The molecule has 3 rings (SSSR count). The quantitative estimate of drug-likeness (QED) is 0.572. The Hall–Kier alpha value is -2.62. The van der Waals surface area contributed by atoms with Crippen LogP contribution in [0.15, 0.2) is 22.8 Å². The number of aromatic nitrogens is 2. The Bertz CT molecular complexity index is 973. The first kappa shape index (κ1) is 24.0. The van der Waals surface area contributed by atoms with Crippen molar-refractivity contribution in [1.82, 2.24) is 20.2 Å². The van der Waals surface area contributed by atoms with Gasteiger partial charge in [0.1, 0.15) is 23.0 Å². The van der Waals surface area contributed by atoms with Crippen LogP contribution < -0.4 is 15.8 Å². The van der Waals surface area contributed by atoms with E-state index in [-0.39, 0.29) is 5.91 Å². The van der Waals surface area contributed by atoms with E-state index < -0.39 is 17.7 Å². The number of benzene rings is 1. The van der Waals surface area contributed by atoms with Crippen molar-refractivity contribution in [3.8, 4) is 5.75 Å². The van der Waals surface area contributed by atoms with Gasteiger partial charge in [-0.15, -0.1) is 0 Å². The number of hydrogen-bond acceptors (Lipinski definition) is 7. The van der Waals surface area contributed by atoms with Gasteiger partial charge >= 0.3 is 6.09 Å². The van der Waals surface area contributed by atoms with Gasteiger partial charge in [0.2, 0.25) is 5.91 Å². The molecule has 10 heteroatoms. The normalized spacial score (nSPS) is 16.6. The topological polar surface area (TPSA) is 120 Å². The predicted molar refractivity (Wildman–Crippen MR) is 125 cm³/mol. The Morgan fingerprint density at radius 2 is 2.09 bits per heavy atom. The minimum absolute atomic E-state index is 0.166. The first-order valence-corrected chi connectivity index (χ1v) is 11.6. The average molecular weight is 508 g/mol. The van der Waals surface area contributed by atoms with Gasteiger partial charge in [-0.25, -0.2) is 9.78 Å². The maximum absolute atomic E-state index is 12.7. The SMILES string of the molecule is CC(C)(C)OC(=O)N1CCCCC1C(=O)NCCCOc1c(Br)ccc2ncc(N)nc12. The summed E-state index contributed by atoms with van der Waals surface area (Å²) in [5.41, 5.74) is 6.43. The van der Waals surface area contributed by atoms with Crippen molar-refractivity contribution < 1.29 is 19.1 Å². The smallest absolute Gasteiger partial charge is 0.410 e. The summed E-state index contributed by atoms with van der Waals surface area (Å²) >= 11 is 3.47. The second-order valence-electron chi connectivity index (χ2n) is 8.72. The summed E-state index contributed by atoms with van der Waals surface area (Å²) in [5, 5.41) is 2.92. The number of hydrogen-bond donors (Lipinski definition) is 2. The Morgan fingerprint density at radius 1 is 1.31 bits per heavy atom. The van der Waals surface area contributed by atoms with Crippen molar-refractivity contribution in [2.75, 3.05) is 25.4 Å². The van der Waals surface area contributed by atoms with E-state index in [0.29, 0.717) is 55.1 Å². The first-order chi connectivity index (χ1) is 15.2. The zero-order chi connectivity index (χ0) is 23.3. The molecular weight excluding hydrogens is 478 g/mol. The van der Waals surface area contributed by atoms with Gasteiger partial charge in [-0.05, 0) is 74.5 Å². The molecular formula is C22H30BrN5O4. The summed E-state index contributed by atoms with van der Waals surface area (Å²) in [5.74, 6) is 0.715. The fourth-order valence-electron chi connectivity index (χ4n) is 3.50. The van der Waals surface area contributed by atoms with Crippen molar-refractivity contribution in [2.24, 2.45) is 0 Å². The highest BCUT2D eigenvalue weighted by Gasteiger charge is 2.34. The molecule has 0 aliphatic carbocycles. The number of nitrogens with one attached hydrogen (secondary N) is 1. The highest BCUT2D eigenvalue weighted by molar-refractivity contribution is 9.10. The van der Waals surface area contributed by atoms with Crippen LogP contribution in [0.4, 0.5) is 10.6 Å². The molecule has 0 radical (unpaired) electrons. The highest BCUT2D eigenvalue weighted by Crippen LogP contribution is 2.32. The number of halogens is 1. The van der Waals surface area contributed by atoms with E-state index >= 15 is 0 Å². The molecule has 1 aromatic heterocycles. The van der Waals surface area contributed by atoms with Crippen LogP contribution >= 0.6 is 15.9 Å². The minimum atomic E-state index is -0.599. The van der Waals surface area contributed by atoms with Gasteiger partial charge in [0.15, 0.2) is 5.75 Å². The number of nitrogens with zero attached hydrogens (tertiary/aromatic N) is 3. The van der Waals surface area contributed by atoms with Gasteiger partial charge in [0, 0.05) is 13.1 Å². The molecule has 1 saturated heterocycles. The first-order valence-electron chi connectivity index (χ1n) is 10.8. The molecule has 1 unspecified atom stereocenters. The Kier molecular flexibility index (Phi) is 7.76. The van der Waals surface area contributed by atoms with Crippen LogP contribution in [0, 0.1) is 0 Å². The summed E-state index contributed by atoms with van der Waals surface area (Å²) in [6.45, 7) is 6.77. The standard InChI is InChI=1S/C22H30BrN5O4/c1-22(2,3)32-21(30)28-11-5-4-7-16(28)20(29)25-10-6-12-31-19-14(23)8-9-15-18(19)27-17(24)13-26-15/h8-9,13,16H,4-7,10-12H2,1-3H3,(H2,24,27)(H,25,29). The molecule has 2 heterocycles. The predicted octanol–water partition coefficient (Wildman–Crippen LogP) is 3.65. The number of rotatable bonds is 6. The molecule has 2 aromatic rings. The van der Waals surface area contributed by atoms with Crippen LogP contribution in [-0.4, -0.2) is 58.2 Å². The van der Waals surface area contributed by atoms with Gasteiger partial charge in [-0.3, -0.25) is 14.7 Å². The lowest BCUT2D eigenvalue weighted by Gasteiger charge is -2.35. The van der Waals surface area contributed by atoms with Crippen molar-refractivity contribution >= 4 is 44.8 Å². The van der Waals surface area contributed by atoms with Gasteiger partial charge in [0.25, 0.3) is 0 Å². The van der Waals surface area contributed by atoms with E-state index in [1.807, 2.05) is 32.9 Å². The van der Waals surface area contributed by atoms with Crippen molar-refractivity contribution in [1.29, 1.82) is 0 Å². The minimum Gasteiger partial charge on any atom is -0.490 e. The Balaban J connectivity index is 1.52. The van der Waals surface area contributed by atoms with E-state index in [4.69, 9.17) is 15.2 Å². The van der Waals surface area contributed by atoms with Gasteiger partial charge < -0.3 is 20.5 Å². The second-order valence-corrected chi connectivity index (χ2v) is 9.57. The number of carbonyl (C=O) groups is 2. The molecule has 0 saturated carbocycles. The molecule has 32 heavy (non-hydrogen) atoms. The maximum Gasteiger partial charge on any atom is 0.410 e. The lowest BCUT2D eigenvalue weighted by Crippen LogP contribution is -2.53. The fraction of sp³-hybridized carbons (Fsp3) is 0.545. The third-order valence-electron chi connectivity index (χ3n) is 4.94. The third kappa shape index (κ3) is 6.21. The Labute approximate surface area is 196 Å². The summed E-state index contributed by atoms with van der Waals surface area (Å²) in [7, 11) is 0. The van der Waals surface area contributed by atoms with Crippen LogP contribution in [0.2, 0.25) is 0 Å². The van der Waals surface area contributed by atoms with Gasteiger partial charge in [0.05, 0.1) is 22.8 Å². The lowest BCUT2D eigenvalue weighted by molar-refractivity contribution is -0.127. The highest BCUT2D eigenvalue weighted by atomic mass is 79.9. The van der Waals surface area contributed by atoms with E-state index in [0.717, 1.165) is 17.3 Å². The second kappa shape index (κ2) is 10.3. The fourth-order valence-corrected chi connectivity index (χ4v) is 3.93. The van der Waals surface area contributed by atoms with Crippen molar-refractivity contribution in [3.63, 3.8) is 0 Å². The molecule has 3 N–H and O–H groups in total. The average Bonchev–Trinajstić information content (AvgIpc) is 2.73. The van der Waals surface area contributed by atoms with Gasteiger partial charge in [-0.2, -0.15) is 0 Å². The monoisotopic (exact) mass is 507 g/mol. The van der Waals surface area contributed by atoms with Crippen LogP contribution in [0.25, 0.3) is 11.0 Å². The summed E-state index contributed by atoms with van der Waals surface area (Å²) in [6, 6.07) is 3.17. The largest absolute Gasteiger partial charge is 0.490 e. The molecule has 1 fully saturated rings. The zero-order valence-electron chi connectivity index (χ0n) is 18.7. The van der Waals surface area contributed by atoms with Crippen LogP contribution in [0.5, 0.6) is 5.75 Å². The van der Waals surface area contributed by atoms with Gasteiger partial charge in [-0.1, -0.05) is 0 Å². The van der Waals surface area contributed by atoms with Crippen molar-refractivity contribution in [3.05, 3.63) is 22.8 Å². The molecule has 9 nitrogen and oxygen atoms in total. The zero-order valence-corrected chi connectivity index (χ0v) is 20.3. The number of anilines is 1.